The molecule has 0 atom stereocenters. The first kappa shape index (κ1) is 12.5. The van der Waals surface area contributed by atoms with Gasteiger partial charge in [0.15, 0.2) is 5.69 Å². The number of hydrogen-bond donors (Lipinski definition) is 1. The molecule has 0 saturated carbocycles. The van der Waals surface area contributed by atoms with Crippen molar-refractivity contribution in [1.29, 1.82) is 5.26 Å². The fourth-order valence-electron chi connectivity index (χ4n) is 2.66. The molecule has 100 valence electrons. The number of anilines is 3. The van der Waals surface area contributed by atoms with Crippen LogP contribution < -0.4 is 10.6 Å². The monoisotopic (exact) mass is 264 g/mol. The van der Waals surface area contributed by atoms with Gasteiger partial charge in [-0.25, -0.2) is 4.98 Å². The number of hydrogen-bond acceptors (Lipinski definition) is 4. The molecular formula is C16H16N4. The highest BCUT2D eigenvalue weighted by Gasteiger charge is 2.19. The number of nitrogens with two attached hydrogens (primary N) is 1. The summed E-state index contributed by atoms with van der Waals surface area (Å²) in [6.07, 6.45) is 2.18. The Morgan fingerprint density at radius 2 is 2.15 bits per heavy atom. The number of benzene rings is 1. The molecule has 4 heteroatoms. The Balaban J connectivity index is 2.07. The summed E-state index contributed by atoms with van der Waals surface area (Å²) >= 11 is 0. The minimum atomic E-state index is 0.293. The van der Waals surface area contributed by atoms with Crippen LogP contribution in [0.2, 0.25) is 0 Å². The number of nitrogens with zero attached hydrogens (tertiary/aromatic N) is 3. The molecule has 0 fully saturated rings. The zero-order chi connectivity index (χ0) is 14.1. The van der Waals surface area contributed by atoms with E-state index in [4.69, 9.17) is 11.0 Å². The largest absolute Gasteiger partial charge is 0.396 e. The van der Waals surface area contributed by atoms with Gasteiger partial charge in [0, 0.05) is 12.2 Å². The highest BCUT2D eigenvalue weighted by atomic mass is 15.2. The molecule has 0 unspecified atom stereocenters. The summed E-state index contributed by atoms with van der Waals surface area (Å²) < 4.78 is 0. The van der Waals surface area contributed by atoms with Crippen molar-refractivity contribution >= 4 is 17.2 Å². The van der Waals surface area contributed by atoms with Gasteiger partial charge >= 0.3 is 0 Å². The molecule has 1 aromatic heterocycles. The number of fused-ring (bicyclic) bond motifs is 1. The van der Waals surface area contributed by atoms with E-state index in [0.29, 0.717) is 11.4 Å². The molecule has 2 N–H and O–H groups in total. The molecule has 0 radical (unpaired) electrons. The van der Waals surface area contributed by atoms with Gasteiger partial charge in [-0.3, -0.25) is 0 Å². The van der Waals surface area contributed by atoms with Crippen molar-refractivity contribution in [3.63, 3.8) is 0 Å². The highest BCUT2D eigenvalue weighted by molar-refractivity contribution is 5.68. The van der Waals surface area contributed by atoms with Gasteiger partial charge in [-0.15, -0.1) is 0 Å². The van der Waals surface area contributed by atoms with Crippen molar-refractivity contribution < 1.29 is 0 Å². The van der Waals surface area contributed by atoms with Gasteiger partial charge in [-0.1, -0.05) is 17.7 Å². The van der Waals surface area contributed by atoms with E-state index in [1.54, 1.807) is 6.07 Å². The number of pyridine rings is 1. The van der Waals surface area contributed by atoms with Crippen LogP contribution in [0.4, 0.5) is 17.2 Å². The van der Waals surface area contributed by atoms with Crippen molar-refractivity contribution in [3.05, 3.63) is 47.2 Å². The molecule has 0 spiro atoms. The Kier molecular flexibility index (Phi) is 3.03. The van der Waals surface area contributed by atoms with E-state index >= 15 is 0 Å². The third-order valence-electron chi connectivity index (χ3n) is 3.65. The van der Waals surface area contributed by atoms with E-state index in [1.807, 2.05) is 12.1 Å². The van der Waals surface area contributed by atoms with Crippen LogP contribution in [0.5, 0.6) is 0 Å². The Bertz CT molecular complexity index is 700. The van der Waals surface area contributed by atoms with Crippen molar-refractivity contribution in [1.82, 2.24) is 4.98 Å². The first-order valence-electron chi connectivity index (χ1n) is 6.73. The van der Waals surface area contributed by atoms with Gasteiger partial charge in [0.25, 0.3) is 0 Å². The van der Waals surface area contributed by atoms with E-state index in [-0.39, 0.29) is 0 Å². The molecule has 0 aliphatic carbocycles. The maximum atomic E-state index is 9.06. The second-order valence-electron chi connectivity index (χ2n) is 5.11. The lowest BCUT2D eigenvalue weighted by Crippen LogP contribution is -2.25. The molecule has 1 aliphatic heterocycles. The van der Waals surface area contributed by atoms with Gasteiger partial charge in [0.2, 0.25) is 0 Å². The summed E-state index contributed by atoms with van der Waals surface area (Å²) in [5.74, 6) is 0.792. The lowest BCUT2D eigenvalue weighted by molar-refractivity contribution is 0.758. The van der Waals surface area contributed by atoms with Crippen LogP contribution in [0.3, 0.4) is 0 Å². The van der Waals surface area contributed by atoms with Crippen LogP contribution in [-0.4, -0.2) is 11.5 Å². The number of aryl methyl sites for hydroxylation is 2. The summed E-state index contributed by atoms with van der Waals surface area (Å²) in [6.45, 7) is 3.02. The third-order valence-corrected chi connectivity index (χ3v) is 3.65. The van der Waals surface area contributed by atoms with Crippen LogP contribution in [0, 0.1) is 18.3 Å². The molecule has 4 nitrogen and oxygen atoms in total. The summed E-state index contributed by atoms with van der Waals surface area (Å²) in [5.41, 5.74) is 10.3. The van der Waals surface area contributed by atoms with E-state index in [0.717, 1.165) is 25.2 Å². The van der Waals surface area contributed by atoms with Crippen LogP contribution in [0.25, 0.3) is 0 Å². The summed E-state index contributed by atoms with van der Waals surface area (Å²) in [5, 5.41) is 9.06. The first-order valence-corrected chi connectivity index (χ1v) is 6.73. The fraction of sp³-hybridized carbons (Fsp3) is 0.250. The average Bonchev–Trinajstić information content (AvgIpc) is 2.47. The Hall–Kier alpha value is -2.54. The molecular weight excluding hydrogens is 248 g/mol. The number of aromatic nitrogens is 1. The standard InChI is InChI=1S/C16H16N4/c1-11-4-6-15-12(9-11)3-2-8-20(15)16-7-5-13(18)14(10-17)19-16/h4-7,9H,2-3,8,18H2,1H3. The summed E-state index contributed by atoms with van der Waals surface area (Å²) in [4.78, 5) is 6.54. The maximum Gasteiger partial charge on any atom is 0.165 e. The van der Waals surface area contributed by atoms with E-state index in [2.05, 4.69) is 35.0 Å². The molecule has 20 heavy (non-hydrogen) atoms. The molecule has 0 bridgehead atoms. The second-order valence-corrected chi connectivity index (χ2v) is 5.11. The summed E-state index contributed by atoms with van der Waals surface area (Å²) in [6, 6.07) is 12.1. The predicted molar refractivity (Wildman–Crippen MR) is 79.9 cm³/mol. The molecule has 1 aliphatic rings. The van der Waals surface area contributed by atoms with Gasteiger partial charge in [-0.2, -0.15) is 5.26 Å². The Labute approximate surface area is 118 Å². The Morgan fingerprint density at radius 3 is 2.95 bits per heavy atom. The average molecular weight is 264 g/mol. The molecule has 3 rings (SSSR count). The van der Waals surface area contributed by atoms with Crippen molar-refractivity contribution in [3.8, 4) is 6.07 Å². The highest BCUT2D eigenvalue weighted by Crippen LogP contribution is 2.33. The predicted octanol–water partition coefficient (Wildman–Crippen LogP) is 2.93. The van der Waals surface area contributed by atoms with Gasteiger partial charge in [0.05, 0.1) is 5.69 Å². The maximum absolute atomic E-state index is 9.06. The molecule has 0 amide bonds. The first-order chi connectivity index (χ1) is 9.69. The van der Waals surface area contributed by atoms with Gasteiger partial charge in [0.1, 0.15) is 11.9 Å². The number of nitriles is 1. The van der Waals surface area contributed by atoms with Crippen LogP contribution >= 0.6 is 0 Å². The smallest absolute Gasteiger partial charge is 0.165 e. The van der Waals surface area contributed by atoms with Crippen LogP contribution in [-0.2, 0) is 6.42 Å². The molecule has 2 aromatic rings. The topological polar surface area (TPSA) is 65.9 Å². The zero-order valence-corrected chi connectivity index (χ0v) is 11.4. The normalized spacial score (nSPS) is 13.7. The lowest BCUT2D eigenvalue weighted by atomic mass is 9.99. The second kappa shape index (κ2) is 4.86. The van der Waals surface area contributed by atoms with E-state index in [9.17, 15) is 0 Å². The quantitative estimate of drug-likeness (QED) is 0.860. The van der Waals surface area contributed by atoms with Gasteiger partial charge in [-0.05, 0) is 43.5 Å². The SMILES string of the molecule is Cc1ccc2c(c1)CCCN2c1ccc(N)c(C#N)n1. The lowest BCUT2D eigenvalue weighted by Gasteiger charge is -2.30. The molecule has 1 aromatic carbocycles. The molecule has 2 heterocycles. The Morgan fingerprint density at radius 1 is 1.30 bits per heavy atom. The van der Waals surface area contributed by atoms with E-state index < -0.39 is 0 Å². The van der Waals surface area contributed by atoms with E-state index in [1.165, 1.54) is 16.8 Å². The molecule has 0 saturated heterocycles. The van der Waals surface area contributed by atoms with Gasteiger partial charge < -0.3 is 10.6 Å². The number of rotatable bonds is 1. The van der Waals surface area contributed by atoms with Crippen LogP contribution in [0.15, 0.2) is 30.3 Å². The van der Waals surface area contributed by atoms with Crippen LogP contribution in [0.1, 0.15) is 23.2 Å². The number of nitrogen functional groups attached to an aromatic ring is 1. The van der Waals surface area contributed by atoms with Crippen molar-refractivity contribution in [2.75, 3.05) is 17.2 Å². The summed E-state index contributed by atoms with van der Waals surface area (Å²) in [7, 11) is 0. The minimum absolute atomic E-state index is 0.293. The van der Waals surface area contributed by atoms with Crippen molar-refractivity contribution in [2.45, 2.75) is 19.8 Å². The zero-order valence-electron chi connectivity index (χ0n) is 11.4. The van der Waals surface area contributed by atoms with Crippen molar-refractivity contribution in [2.24, 2.45) is 0 Å². The third kappa shape index (κ3) is 2.08. The minimum Gasteiger partial charge on any atom is -0.396 e. The fourth-order valence-corrected chi connectivity index (χ4v) is 2.66.